The first-order chi connectivity index (χ1) is 7.72. The van der Waals surface area contributed by atoms with E-state index in [-0.39, 0.29) is 0 Å². The summed E-state index contributed by atoms with van der Waals surface area (Å²) in [6.07, 6.45) is 1.04. The Morgan fingerprint density at radius 3 is 2.94 bits per heavy atom. The fraction of sp³-hybridized carbons (Fsp3) is 0.385. The van der Waals surface area contributed by atoms with Crippen molar-refractivity contribution in [2.24, 2.45) is 0 Å². The van der Waals surface area contributed by atoms with Gasteiger partial charge in [0.1, 0.15) is 0 Å². The molecule has 0 aliphatic rings. The first kappa shape index (κ1) is 11.7. The molecule has 0 radical (unpaired) electrons. The average Bonchev–Trinajstić information content (AvgIpc) is 2.70. The van der Waals surface area contributed by atoms with Gasteiger partial charge in [-0.3, -0.25) is 0 Å². The first-order valence-electron chi connectivity index (χ1n) is 5.59. The van der Waals surface area contributed by atoms with E-state index in [2.05, 4.69) is 29.9 Å². The monoisotopic (exact) mass is 283 g/mol. The molecule has 0 bridgehead atoms. The SMILES string of the molecule is CCN(C)CCc1c[se]c2cccc(O)c12. The summed E-state index contributed by atoms with van der Waals surface area (Å²) in [6.45, 7) is 4.30. The predicted molar refractivity (Wildman–Crippen MR) is 69.4 cm³/mol. The molecule has 1 heterocycles. The molecule has 2 rings (SSSR count). The van der Waals surface area contributed by atoms with Gasteiger partial charge in [-0.05, 0) is 0 Å². The van der Waals surface area contributed by atoms with Crippen molar-refractivity contribution < 1.29 is 5.11 Å². The second kappa shape index (κ2) is 5.05. The van der Waals surface area contributed by atoms with Crippen LogP contribution in [-0.2, 0) is 6.42 Å². The van der Waals surface area contributed by atoms with Crippen LogP contribution >= 0.6 is 0 Å². The average molecular weight is 282 g/mol. The molecular weight excluding hydrogens is 265 g/mol. The Hall–Kier alpha value is -0.761. The normalized spacial score (nSPS) is 11.4. The summed E-state index contributed by atoms with van der Waals surface area (Å²) in [6, 6.07) is 5.85. The van der Waals surface area contributed by atoms with E-state index >= 15 is 0 Å². The van der Waals surface area contributed by atoms with Crippen molar-refractivity contribution >= 4 is 24.1 Å². The number of likely N-dealkylation sites (N-methyl/N-ethyl adjacent to an activating group) is 1. The van der Waals surface area contributed by atoms with E-state index in [1.165, 1.54) is 9.82 Å². The van der Waals surface area contributed by atoms with Crippen LogP contribution in [0, 0.1) is 0 Å². The molecule has 0 saturated heterocycles. The summed E-state index contributed by atoms with van der Waals surface area (Å²) in [5.74, 6) is 0.447. The summed E-state index contributed by atoms with van der Waals surface area (Å²) in [4.78, 5) is 4.60. The molecule has 86 valence electrons. The van der Waals surface area contributed by atoms with Gasteiger partial charge in [0.05, 0.1) is 0 Å². The van der Waals surface area contributed by atoms with Crippen molar-refractivity contribution in [2.45, 2.75) is 13.3 Å². The van der Waals surface area contributed by atoms with Crippen LogP contribution in [0.25, 0.3) is 9.65 Å². The molecule has 1 N–H and O–H groups in total. The van der Waals surface area contributed by atoms with Crippen molar-refractivity contribution in [3.63, 3.8) is 0 Å². The number of phenolic OH excluding ortho intramolecular Hbond substituents is 1. The molecule has 0 aliphatic carbocycles. The molecule has 3 heteroatoms. The standard InChI is InChI=1S/C13H17NOSe/c1-3-14(2)8-7-10-9-16-12-6-4-5-11(15)13(10)12/h4-6,9,15H,3,7-8H2,1-2H3. The third-order valence-corrected chi connectivity index (χ3v) is 5.05. The molecular formula is C13H17NOSe. The zero-order valence-corrected chi connectivity index (χ0v) is 11.4. The number of aromatic hydroxyl groups is 1. The van der Waals surface area contributed by atoms with Crippen LogP contribution in [0.5, 0.6) is 5.75 Å². The predicted octanol–water partition coefficient (Wildman–Crippen LogP) is 2.10. The topological polar surface area (TPSA) is 23.5 Å². The quantitative estimate of drug-likeness (QED) is 0.868. The van der Waals surface area contributed by atoms with Crippen molar-refractivity contribution in [2.75, 3.05) is 20.1 Å². The molecule has 0 saturated carbocycles. The molecule has 16 heavy (non-hydrogen) atoms. The Morgan fingerprint density at radius 1 is 1.38 bits per heavy atom. The number of benzene rings is 1. The Labute approximate surface area is 102 Å². The van der Waals surface area contributed by atoms with Crippen LogP contribution in [0.15, 0.2) is 23.1 Å². The van der Waals surface area contributed by atoms with E-state index in [4.69, 9.17) is 0 Å². The Balaban J connectivity index is 2.24. The molecule has 0 atom stereocenters. The van der Waals surface area contributed by atoms with Gasteiger partial charge >= 0.3 is 102 Å². The van der Waals surface area contributed by atoms with Gasteiger partial charge < -0.3 is 0 Å². The van der Waals surface area contributed by atoms with E-state index in [9.17, 15) is 5.11 Å². The Morgan fingerprint density at radius 2 is 2.19 bits per heavy atom. The van der Waals surface area contributed by atoms with Crippen LogP contribution in [0.1, 0.15) is 12.5 Å². The minimum absolute atomic E-state index is 0.411. The van der Waals surface area contributed by atoms with E-state index in [0.717, 1.165) is 24.9 Å². The van der Waals surface area contributed by atoms with E-state index in [1.54, 1.807) is 6.07 Å². The third-order valence-electron chi connectivity index (χ3n) is 2.96. The fourth-order valence-electron chi connectivity index (χ4n) is 1.79. The van der Waals surface area contributed by atoms with Crippen molar-refractivity contribution in [1.29, 1.82) is 0 Å². The number of nitrogens with zero attached hydrogens (tertiary/aromatic N) is 1. The summed E-state index contributed by atoms with van der Waals surface area (Å²) >= 11 is 0.411. The molecule has 0 amide bonds. The van der Waals surface area contributed by atoms with Gasteiger partial charge in [-0.2, -0.15) is 0 Å². The van der Waals surface area contributed by atoms with Crippen molar-refractivity contribution in [3.8, 4) is 5.75 Å². The third kappa shape index (κ3) is 2.32. The number of fused-ring (bicyclic) bond motifs is 1. The van der Waals surface area contributed by atoms with Gasteiger partial charge in [-0.1, -0.05) is 0 Å². The summed E-state index contributed by atoms with van der Waals surface area (Å²) in [5.41, 5.74) is 1.33. The van der Waals surface area contributed by atoms with Gasteiger partial charge in [0.15, 0.2) is 0 Å². The number of hydrogen-bond acceptors (Lipinski definition) is 2. The second-order valence-corrected chi connectivity index (χ2v) is 5.97. The van der Waals surface area contributed by atoms with Gasteiger partial charge in [-0.15, -0.1) is 0 Å². The zero-order chi connectivity index (χ0) is 11.5. The van der Waals surface area contributed by atoms with Crippen LogP contribution in [0.2, 0.25) is 0 Å². The molecule has 1 aromatic heterocycles. The van der Waals surface area contributed by atoms with E-state index in [0.29, 0.717) is 20.3 Å². The maximum atomic E-state index is 9.88. The number of phenols is 1. The fourth-order valence-corrected chi connectivity index (χ4v) is 3.92. The zero-order valence-electron chi connectivity index (χ0n) is 9.73. The second-order valence-electron chi connectivity index (χ2n) is 4.06. The summed E-state index contributed by atoms with van der Waals surface area (Å²) < 4.78 is 1.32. The van der Waals surface area contributed by atoms with Gasteiger partial charge in [0, 0.05) is 0 Å². The van der Waals surface area contributed by atoms with Gasteiger partial charge in [-0.25, -0.2) is 0 Å². The van der Waals surface area contributed by atoms with E-state index < -0.39 is 0 Å². The molecule has 0 fully saturated rings. The summed E-state index contributed by atoms with van der Waals surface area (Å²) in [7, 11) is 2.13. The first-order valence-corrected chi connectivity index (χ1v) is 7.43. The molecule has 0 unspecified atom stereocenters. The molecule has 2 nitrogen and oxygen atoms in total. The van der Waals surface area contributed by atoms with Gasteiger partial charge in [0.2, 0.25) is 0 Å². The van der Waals surface area contributed by atoms with Crippen LogP contribution < -0.4 is 0 Å². The Kier molecular flexibility index (Phi) is 3.70. The maximum absolute atomic E-state index is 9.88. The van der Waals surface area contributed by atoms with Crippen LogP contribution in [-0.4, -0.2) is 44.6 Å². The molecule has 2 aromatic rings. The van der Waals surface area contributed by atoms with Crippen LogP contribution in [0.4, 0.5) is 0 Å². The summed E-state index contributed by atoms with van der Waals surface area (Å²) in [5, 5.41) is 11.0. The Bertz CT molecular complexity index is 478. The number of hydrogen-bond donors (Lipinski definition) is 1. The molecule has 0 aliphatic heterocycles. The van der Waals surface area contributed by atoms with Gasteiger partial charge in [0.25, 0.3) is 0 Å². The van der Waals surface area contributed by atoms with Crippen molar-refractivity contribution in [3.05, 3.63) is 28.7 Å². The van der Waals surface area contributed by atoms with Crippen molar-refractivity contribution in [1.82, 2.24) is 4.90 Å². The molecule has 1 aromatic carbocycles. The van der Waals surface area contributed by atoms with Crippen LogP contribution in [0.3, 0.4) is 0 Å². The minimum atomic E-state index is 0.411. The molecule has 0 spiro atoms. The van der Waals surface area contributed by atoms with E-state index in [1.807, 2.05) is 6.07 Å². The number of rotatable bonds is 4.